The highest BCUT2D eigenvalue weighted by Crippen LogP contribution is 1.91. The summed E-state index contributed by atoms with van der Waals surface area (Å²) >= 11 is 0. The first-order chi connectivity index (χ1) is 7.22. The van der Waals surface area contributed by atoms with Crippen LogP contribution in [0.5, 0.6) is 0 Å². The predicted octanol–water partition coefficient (Wildman–Crippen LogP) is 1.76. The number of aromatic nitrogens is 4. The van der Waals surface area contributed by atoms with E-state index in [9.17, 15) is 8.78 Å². The van der Waals surface area contributed by atoms with E-state index >= 15 is 0 Å². The van der Waals surface area contributed by atoms with Gasteiger partial charge >= 0.3 is 0 Å². The van der Waals surface area contributed by atoms with Gasteiger partial charge in [0.1, 0.15) is 0 Å². The van der Waals surface area contributed by atoms with Crippen LogP contribution in [0.25, 0.3) is 0 Å². The molecule has 2 heterocycles. The second-order valence-corrected chi connectivity index (χ2v) is 2.58. The Labute approximate surface area is 85.3 Å². The number of hydrogen-bond acceptors (Lipinski definition) is 2. The van der Waals surface area contributed by atoms with Crippen molar-refractivity contribution in [1.29, 1.82) is 0 Å². The lowest BCUT2D eigenvalue weighted by Gasteiger charge is -1.89. The van der Waals surface area contributed by atoms with Gasteiger partial charge in [0, 0.05) is 6.54 Å². The van der Waals surface area contributed by atoms with Crippen LogP contribution in [0.2, 0.25) is 0 Å². The Kier molecular flexibility index (Phi) is 4.21. The number of allylic oxidation sites excluding steroid dienone is 1. The zero-order valence-electron chi connectivity index (χ0n) is 7.90. The zero-order chi connectivity index (χ0) is 11.1. The highest BCUT2D eigenvalue weighted by Gasteiger charge is 1.91. The molecule has 2 rings (SSSR count). The third-order valence-electron chi connectivity index (χ3n) is 1.41. The molecule has 0 aliphatic rings. The molecule has 1 N–H and O–H groups in total. The molecule has 2 aromatic heterocycles. The van der Waals surface area contributed by atoms with E-state index in [0.29, 0.717) is 6.54 Å². The second kappa shape index (κ2) is 5.69. The summed E-state index contributed by atoms with van der Waals surface area (Å²) in [6.45, 7) is 4.10. The Bertz CT molecular complexity index is 394. The molecule has 0 amide bonds. The smallest absolute Gasteiger partial charge is 0.230 e. The summed E-state index contributed by atoms with van der Waals surface area (Å²) < 4.78 is 25.2. The van der Waals surface area contributed by atoms with E-state index in [4.69, 9.17) is 0 Å². The van der Waals surface area contributed by atoms with Crippen LogP contribution in [0.4, 0.5) is 8.78 Å². The van der Waals surface area contributed by atoms with Gasteiger partial charge in [-0.05, 0) is 0 Å². The average molecular weight is 212 g/mol. The first-order valence-electron chi connectivity index (χ1n) is 4.14. The van der Waals surface area contributed by atoms with Crippen LogP contribution >= 0.6 is 0 Å². The SMILES string of the molecule is C=CCn1cnc(F)c1.Fc1cnc[nH]1. The molecule has 4 nitrogen and oxygen atoms in total. The Balaban J connectivity index is 0.000000162. The number of hydrogen-bond donors (Lipinski definition) is 1. The van der Waals surface area contributed by atoms with Gasteiger partial charge in [0.15, 0.2) is 0 Å². The van der Waals surface area contributed by atoms with E-state index in [1.807, 2.05) is 0 Å². The molecule has 0 aliphatic heterocycles. The van der Waals surface area contributed by atoms with Crippen LogP contribution in [0, 0.1) is 11.9 Å². The van der Waals surface area contributed by atoms with Gasteiger partial charge in [-0.1, -0.05) is 6.08 Å². The van der Waals surface area contributed by atoms with Crippen molar-refractivity contribution in [1.82, 2.24) is 19.5 Å². The minimum atomic E-state index is -0.447. The molecule has 0 fully saturated rings. The van der Waals surface area contributed by atoms with Crippen molar-refractivity contribution >= 4 is 0 Å². The molecule has 0 spiro atoms. The summed E-state index contributed by atoms with van der Waals surface area (Å²) in [6, 6.07) is 0. The fourth-order valence-corrected chi connectivity index (χ4v) is 0.821. The van der Waals surface area contributed by atoms with Gasteiger partial charge in [-0.15, -0.1) is 6.58 Å². The Morgan fingerprint density at radius 2 is 2.33 bits per heavy atom. The largest absolute Gasteiger partial charge is 0.331 e. The fourth-order valence-electron chi connectivity index (χ4n) is 0.821. The number of rotatable bonds is 2. The molecule has 15 heavy (non-hydrogen) atoms. The molecule has 0 saturated carbocycles. The highest BCUT2D eigenvalue weighted by molar-refractivity contribution is 4.81. The molecule has 80 valence electrons. The number of nitrogens with zero attached hydrogens (tertiary/aromatic N) is 3. The average Bonchev–Trinajstić information content (AvgIpc) is 2.80. The number of halogens is 2. The topological polar surface area (TPSA) is 46.5 Å². The van der Waals surface area contributed by atoms with Crippen molar-refractivity contribution in [2.45, 2.75) is 6.54 Å². The molecule has 0 unspecified atom stereocenters. The Hall–Kier alpha value is -1.98. The molecular formula is C9H10F2N4. The van der Waals surface area contributed by atoms with Crippen molar-refractivity contribution in [3.05, 3.63) is 49.6 Å². The van der Waals surface area contributed by atoms with Crippen molar-refractivity contribution in [3.63, 3.8) is 0 Å². The van der Waals surface area contributed by atoms with Gasteiger partial charge in [0.05, 0.1) is 25.0 Å². The summed E-state index contributed by atoms with van der Waals surface area (Å²) in [5.41, 5.74) is 0. The number of H-pyrrole nitrogens is 1. The van der Waals surface area contributed by atoms with Crippen LogP contribution < -0.4 is 0 Å². The van der Waals surface area contributed by atoms with Crippen molar-refractivity contribution < 1.29 is 8.78 Å². The zero-order valence-corrected chi connectivity index (χ0v) is 7.90. The summed E-state index contributed by atoms with van der Waals surface area (Å²) in [6.07, 6.45) is 6.83. The minimum absolute atomic E-state index is 0.394. The predicted molar refractivity (Wildman–Crippen MR) is 50.9 cm³/mol. The number of nitrogens with one attached hydrogen (secondary N) is 1. The highest BCUT2D eigenvalue weighted by atomic mass is 19.1. The van der Waals surface area contributed by atoms with Crippen molar-refractivity contribution in [2.24, 2.45) is 0 Å². The third kappa shape index (κ3) is 4.17. The number of aromatic amines is 1. The maximum Gasteiger partial charge on any atom is 0.230 e. The minimum Gasteiger partial charge on any atom is -0.331 e. The molecule has 0 aliphatic carbocycles. The van der Waals surface area contributed by atoms with Crippen LogP contribution in [-0.2, 0) is 6.54 Å². The van der Waals surface area contributed by atoms with E-state index in [-0.39, 0.29) is 0 Å². The summed E-state index contributed by atoms with van der Waals surface area (Å²) in [4.78, 5) is 9.00. The molecule has 6 heteroatoms. The molecule has 0 radical (unpaired) electrons. The first-order valence-corrected chi connectivity index (χ1v) is 4.14. The van der Waals surface area contributed by atoms with Crippen LogP contribution in [-0.4, -0.2) is 19.5 Å². The normalized spacial score (nSPS) is 9.20. The van der Waals surface area contributed by atoms with Gasteiger partial charge in [-0.2, -0.15) is 8.78 Å². The number of imidazole rings is 2. The van der Waals surface area contributed by atoms with E-state index in [2.05, 4.69) is 21.5 Å². The fraction of sp³-hybridized carbons (Fsp3) is 0.111. The van der Waals surface area contributed by atoms with Gasteiger partial charge < -0.3 is 9.55 Å². The van der Waals surface area contributed by atoms with Gasteiger partial charge in [-0.25, -0.2) is 9.97 Å². The van der Waals surface area contributed by atoms with E-state index in [0.717, 1.165) is 6.20 Å². The van der Waals surface area contributed by atoms with Gasteiger partial charge in [-0.3, -0.25) is 0 Å². The van der Waals surface area contributed by atoms with Gasteiger partial charge in [0.2, 0.25) is 11.9 Å². The lowest BCUT2D eigenvalue weighted by molar-refractivity contribution is 0.588. The quantitative estimate of drug-likeness (QED) is 0.771. The van der Waals surface area contributed by atoms with Crippen LogP contribution in [0.1, 0.15) is 0 Å². The van der Waals surface area contributed by atoms with Crippen LogP contribution in [0.15, 0.2) is 37.7 Å². The maximum absolute atomic E-state index is 12.1. The third-order valence-corrected chi connectivity index (χ3v) is 1.41. The first kappa shape index (κ1) is 11.1. The monoisotopic (exact) mass is 212 g/mol. The lowest BCUT2D eigenvalue weighted by Crippen LogP contribution is -1.88. The van der Waals surface area contributed by atoms with Crippen molar-refractivity contribution in [3.8, 4) is 0 Å². The Morgan fingerprint density at radius 1 is 1.53 bits per heavy atom. The lowest BCUT2D eigenvalue weighted by atomic mass is 10.6. The summed E-state index contributed by atoms with van der Waals surface area (Å²) in [5.74, 6) is -0.841. The molecule has 0 bridgehead atoms. The second-order valence-electron chi connectivity index (χ2n) is 2.58. The summed E-state index contributed by atoms with van der Waals surface area (Å²) in [5, 5.41) is 0. The molecule has 0 saturated heterocycles. The maximum atomic E-state index is 12.1. The van der Waals surface area contributed by atoms with Gasteiger partial charge in [0.25, 0.3) is 0 Å². The van der Waals surface area contributed by atoms with E-state index < -0.39 is 11.9 Å². The van der Waals surface area contributed by atoms with Crippen molar-refractivity contribution in [2.75, 3.05) is 0 Å². The van der Waals surface area contributed by atoms with E-state index in [1.165, 1.54) is 18.9 Å². The summed E-state index contributed by atoms with van der Waals surface area (Å²) in [7, 11) is 0. The van der Waals surface area contributed by atoms with Crippen LogP contribution in [0.3, 0.4) is 0 Å². The molecular weight excluding hydrogens is 202 g/mol. The molecule has 2 aromatic rings. The van der Waals surface area contributed by atoms with E-state index in [1.54, 1.807) is 10.6 Å². The standard InChI is InChI=1S/C6H7FN2.C3H3FN2/c1-2-3-9-4-6(7)8-5-9;4-3-1-5-2-6-3/h2,4-5H,1,3H2;1-2H,(H,5,6). The Morgan fingerprint density at radius 3 is 2.67 bits per heavy atom. The molecule has 0 aromatic carbocycles. The molecule has 0 atom stereocenters.